The fourth-order valence-corrected chi connectivity index (χ4v) is 5.45. The smallest absolute Gasteiger partial charge is 0.286 e. The quantitative estimate of drug-likeness (QED) is 0.157. The number of halogens is 3. The van der Waals surface area contributed by atoms with E-state index in [1.165, 1.54) is 41.2 Å². The molecule has 0 atom stereocenters. The number of hydrogen-bond acceptors (Lipinski definition) is 9. The van der Waals surface area contributed by atoms with Crippen molar-refractivity contribution in [3.8, 4) is 28.7 Å². The molecule has 0 unspecified atom stereocenters. The molecule has 11 nitrogen and oxygen atoms in total. The molecule has 6 rings (SSSR count). The lowest BCUT2D eigenvalue weighted by molar-refractivity contribution is 0.0357. The van der Waals surface area contributed by atoms with Crippen molar-refractivity contribution in [2.45, 2.75) is 6.42 Å². The van der Waals surface area contributed by atoms with Gasteiger partial charge in [0.1, 0.15) is 5.75 Å². The number of carbonyl (C=O) groups excluding carboxylic acids is 1. The summed E-state index contributed by atoms with van der Waals surface area (Å²) in [5.74, 6) is -0.308. The Morgan fingerprint density at radius 2 is 1.79 bits per heavy atom. The molecule has 0 spiro atoms. The molecule has 248 valence electrons. The first kappa shape index (κ1) is 33.2. The van der Waals surface area contributed by atoms with E-state index in [4.69, 9.17) is 42.1 Å². The van der Waals surface area contributed by atoms with Crippen molar-refractivity contribution < 1.29 is 28.1 Å². The molecule has 0 bridgehead atoms. The monoisotopic (exact) mass is 693 g/mol. The van der Waals surface area contributed by atoms with E-state index < -0.39 is 23.0 Å². The van der Waals surface area contributed by atoms with Crippen LogP contribution in [0.2, 0.25) is 10.0 Å². The topological polar surface area (TPSA) is 117 Å². The maximum absolute atomic E-state index is 15.3. The van der Waals surface area contributed by atoms with E-state index in [1.807, 2.05) is 0 Å². The molecular formula is C34H30Cl2FN5O6. The Bertz CT molecular complexity index is 2020. The van der Waals surface area contributed by atoms with Gasteiger partial charge in [0.2, 0.25) is 0 Å². The molecule has 1 amide bonds. The number of carbonyl (C=O) groups is 1. The second kappa shape index (κ2) is 15.0. The maximum atomic E-state index is 15.3. The van der Waals surface area contributed by atoms with Gasteiger partial charge in [0.05, 0.1) is 48.2 Å². The highest BCUT2D eigenvalue weighted by Gasteiger charge is 2.18. The summed E-state index contributed by atoms with van der Waals surface area (Å²) in [6.07, 6.45) is 5.08. The molecule has 0 saturated carbocycles. The van der Waals surface area contributed by atoms with Crippen LogP contribution in [0.4, 0.5) is 10.1 Å². The van der Waals surface area contributed by atoms with Gasteiger partial charge >= 0.3 is 0 Å². The van der Waals surface area contributed by atoms with Gasteiger partial charge in [-0.15, -0.1) is 0 Å². The number of ether oxygens (including phenoxy) is 4. The van der Waals surface area contributed by atoms with Gasteiger partial charge in [-0.25, -0.2) is 9.37 Å². The summed E-state index contributed by atoms with van der Waals surface area (Å²) < 4.78 is 39.5. The van der Waals surface area contributed by atoms with E-state index in [-0.39, 0.29) is 16.5 Å². The molecule has 1 aliphatic heterocycles. The second-order valence-electron chi connectivity index (χ2n) is 10.7. The summed E-state index contributed by atoms with van der Waals surface area (Å²) in [5, 5.41) is 3.66. The number of benzene rings is 3. The molecule has 1 fully saturated rings. The molecule has 1 aliphatic rings. The standard InChI is InChI=1S/C34H30Cl2FN5O6/c1-45-30-19-23-27(20-31(30)47-14-2-10-41-12-15-46-16-13-41)38-8-7-28(23)48-29-6-3-21(17-26(29)37)40-33(43)32-34(44)42(11-9-39-32)22-4-5-24(35)25(36)18-22/h3-9,11,17-20H,2,10,12-16H2,1H3,(H,40,43). The third-order valence-electron chi connectivity index (χ3n) is 7.61. The molecule has 0 radical (unpaired) electrons. The van der Waals surface area contributed by atoms with Crippen molar-refractivity contribution in [3.05, 3.63) is 105 Å². The molecule has 1 saturated heterocycles. The zero-order valence-corrected chi connectivity index (χ0v) is 27.3. The van der Waals surface area contributed by atoms with Crippen molar-refractivity contribution in [2.24, 2.45) is 0 Å². The lowest BCUT2D eigenvalue weighted by Gasteiger charge is -2.26. The number of nitrogens with one attached hydrogen (secondary N) is 1. The van der Waals surface area contributed by atoms with Gasteiger partial charge in [-0.05, 0) is 48.9 Å². The number of nitrogens with zero attached hydrogens (tertiary/aromatic N) is 4. The molecule has 5 aromatic rings. The first-order valence-corrected chi connectivity index (χ1v) is 15.8. The minimum absolute atomic E-state index is 0.0904. The van der Waals surface area contributed by atoms with E-state index in [0.29, 0.717) is 45.5 Å². The van der Waals surface area contributed by atoms with Crippen LogP contribution in [0, 0.1) is 5.82 Å². The minimum Gasteiger partial charge on any atom is -0.493 e. The highest BCUT2D eigenvalue weighted by atomic mass is 35.5. The normalized spacial score (nSPS) is 13.3. The SMILES string of the molecule is COc1cc2c(Oc3ccc(NC(=O)c4nccn(-c5ccc(Cl)c(Cl)c5)c4=O)cc3F)ccnc2cc1OCCCN1CCOCC1. The van der Waals surface area contributed by atoms with Crippen LogP contribution in [-0.4, -0.2) is 71.9 Å². The number of amides is 1. The number of morpholine rings is 1. The number of anilines is 1. The number of methoxy groups -OCH3 is 1. The average Bonchev–Trinajstić information content (AvgIpc) is 3.09. The number of fused-ring (bicyclic) bond motifs is 1. The summed E-state index contributed by atoms with van der Waals surface area (Å²) in [6, 6.07) is 13.6. The van der Waals surface area contributed by atoms with Gasteiger partial charge < -0.3 is 24.3 Å². The van der Waals surface area contributed by atoms with Crippen LogP contribution in [0.3, 0.4) is 0 Å². The molecule has 48 heavy (non-hydrogen) atoms. The van der Waals surface area contributed by atoms with Gasteiger partial charge in [0.15, 0.2) is 28.8 Å². The van der Waals surface area contributed by atoms with Crippen LogP contribution < -0.4 is 25.1 Å². The second-order valence-corrected chi connectivity index (χ2v) is 11.6. The van der Waals surface area contributed by atoms with E-state index in [1.54, 1.807) is 37.6 Å². The fraction of sp³-hybridized carbons (Fsp3) is 0.235. The van der Waals surface area contributed by atoms with Crippen molar-refractivity contribution in [1.82, 2.24) is 19.4 Å². The van der Waals surface area contributed by atoms with Crippen LogP contribution in [0.5, 0.6) is 23.0 Å². The zero-order chi connectivity index (χ0) is 33.6. The highest BCUT2D eigenvalue weighted by molar-refractivity contribution is 6.42. The predicted octanol–water partition coefficient (Wildman–Crippen LogP) is 6.38. The van der Waals surface area contributed by atoms with E-state index >= 15 is 4.39 Å². The van der Waals surface area contributed by atoms with Crippen molar-refractivity contribution in [1.29, 1.82) is 0 Å². The summed E-state index contributed by atoms with van der Waals surface area (Å²) in [5.41, 5.74) is -0.0458. The predicted molar refractivity (Wildman–Crippen MR) is 180 cm³/mol. The van der Waals surface area contributed by atoms with Crippen LogP contribution >= 0.6 is 23.2 Å². The van der Waals surface area contributed by atoms with Gasteiger partial charge in [-0.1, -0.05) is 23.2 Å². The summed E-state index contributed by atoms with van der Waals surface area (Å²) in [4.78, 5) is 36.8. The minimum atomic E-state index is -0.825. The lowest BCUT2D eigenvalue weighted by atomic mass is 10.1. The molecular weight excluding hydrogens is 664 g/mol. The average molecular weight is 695 g/mol. The third-order valence-corrected chi connectivity index (χ3v) is 8.35. The number of rotatable bonds is 11. The van der Waals surface area contributed by atoms with Gasteiger partial charge in [-0.2, -0.15) is 0 Å². The third kappa shape index (κ3) is 7.52. The van der Waals surface area contributed by atoms with Gasteiger partial charge in [0.25, 0.3) is 11.5 Å². The Labute approximate surface area is 284 Å². The molecule has 3 heterocycles. The van der Waals surface area contributed by atoms with E-state index in [2.05, 4.69) is 20.2 Å². The number of aromatic nitrogens is 3. The number of hydrogen-bond donors (Lipinski definition) is 1. The van der Waals surface area contributed by atoms with E-state index in [9.17, 15) is 9.59 Å². The number of pyridine rings is 1. The van der Waals surface area contributed by atoms with Crippen LogP contribution in [0.25, 0.3) is 16.6 Å². The summed E-state index contributed by atoms with van der Waals surface area (Å²) >= 11 is 12.1. The zero-order valence-electron chi connectivity index (χ0n) is 25.8. The first-order chi connectivity index (χ1) is 23.3. The fourth-order valence-electron chi connectivity index (χ4n) is 5.16. The van der Waals surface area contributed by atoms with Gasteiger partial charge in [0, 0.05) is 61.4 Å². The summed E-state index contributed by atoms with van der Waals surface area (Å²) in [6.45, 7) is 4.74. The molecule has 3 aromatic carbocycles. The Morgan fingerprint density at radius 1 is 0.958 bits per heavy atom. The summed E-state index contributed by atoms with van der Waals surface area (Å²) in [7, 11) is 1.54. The highest BCUT2D eigenvalue weighted by Crippen LogP contribution is 2.38. The van der Waals surface area contributed by atoms with Gasteiger partial charge in [-0.3, -0.25) is 24.0 Å². The van der Waals surface area contributed by atoms with Crippen LogP contribution in [-0.2, 0) is 4.74 Å². The Kier molecular flexibility index (Phi) is 10.4. The van der Waals surface area contributed by atoms with Crippen LogP contribution in [0.1, 0.15) is 16.9 Å². The van der Waals surface area contributed by atoms with Crippen molar-refractivity contribution in [3.63, 3.8) is 0 Å². The van der Waals surface area contributed by atoms with Crippen LogP contribution in [0.15, 0.2) is 78.0 Å². The Morgan fingerprint density at radius 3 is 2.56 bits per heavy atom. The largest absolute Gasteiger partial charge is 0.493 e. The molecule has 2 aromatic heterocycles. The first-order valence-electron chi connectivity index (χ1n) is 15.0. The van der Waals surface area contributed by atoms with E-state index in [0.717, 1.165) is 45.3 Å². The van der Waals surface area contributed by atoms with Crippen molar-refractivity contribution >= 4 is 45.7 Å². The molecule has 1 N–H and O–H groups in total. The molecule has 0 aliphatic carbocycles. The van der Waals surface area contributed by atoms with Crippen molar-refractivity contribution in [2.75, 3.05) is 51.9 Å². The maximum Gasteiger partial charge on any atom is 0.286 e. The molecule has 14 heteroatoms. The Balaban J connectivity index is 1.15. The lowest BCUT2D eigenvalue weighted by Crippen LogP contribution is -2.37. The Hall–Kier alpha value is -4.75.